The fourth-order valence-electron chi connectivity index (χ4n) is 1.27. The Bertz CT molecular complexity index is 116. The lowest BCUT2D eigenvalue weighted by atomic mass is 10.3. The SMILES string of the molecule is CCNCCNCC1COCCO1. The molecule has 0 bridgehead atoms. The summed E-state index contributed by atoms with van der Waals surface area (Å²) in [7, 11) is 0. The summed E-state index contributed by atoms with van der Waals surface area (Å²) in [5.41, 5.74) is 0. The van der Waals surface area contributed by atoms with Gasteiger partial charge in [0, 0.05) is 19.6 Å². The van der Waals surface area contributed by atoms with Crippen LogP contribution in [0.4, 0.5) is 0 Å². The largest absolute Gasteiger partial charge is 0.376 e. The van der Waals surface area contributed by atoms with Gasteiger partial charge in [-0.05, 0) is 6.54 Å². The third kappa shape index (κ3) is 5.21. The first-order chi connectivity index (χ1) is 6.43. The molecule has 4 nitrogen and oxygen atoms in total. The number of rotatable bonds is 6. The highest BCUT2D eigenvalue weighted by molar-refractivity contribution is 4.64. The van der Waals surface area contributed by atoms with E-state index in [2.05, 4.69) is 17.6 Å². The van der Waals surface area contributed by atoms with Crippen molar-refractivity contribution in [1.82, 2.24) is 10.6 Å². The van der Waals surface area contributed by atoms with E-state index < -0.39 is 0 Å². The maximum absolute atomic E-state index is 5.48. The molecule has 2 N–H and O–H groups in total. The standard InChI is InChI=1S/C9H20N2O2/c1-2-10-3-4-11-7-9-8-12-5-6-13-9/h9-11H,2-8H2,1H3. The molecule has 1 heterocycles. The third-order valence-electron chi connectivity index (χ3n) is 1.99. The van der Waals surface area contributed by atoms with E-state index in [0.29, 0.717) is 0 Å². The van der Waals surface area contributed by atoms with Gasteiger partial charge >= 0.3 is 0 Å². The lowest BCUT2D eigenvalue weighted by Gasteiger charge is -2.23. The molecule has 0 saturated carbocycles. The molecule has 0 amide bonds. The lowest BCUT2D eigenvalue weighted by molar-refractivity contribution is -0.0862. The summed E-state index contributed by atoms with van der Waals surface area (Å²) in [6.07, 6.45) is 0.246. The van der Waals surface area contributed by atoms with Crippen LogP contribution in [0.3, 0.4) is 0 Å². The van der Waals surface area contributed by atoms with Crippen LogP contribution in [0, 0.1) is 0 Å². The summed E-state index contributed by atoms with van der Waals surface area (Å²) in [5.74, 6) is 0. The van der Waals surface area contributed by atoms with Crippen molar-refractivity contribution in [2.24, 2.45) is 0 Å². The number of nitrogens with one attached hydrogen (secondary N) is 2. The van der Waals surface area contributed by atoms with E-state index in [1.54, 1.807) is 0 Å². The second kappa shape index (κ2) is 7.26. The van der Waals surface area contributed by atoms with Gasteiger partial charge in [-0.15, -0.1) is 0 Å². The van der Waals surface area contributed by atoms with Gasteiger partial charge in [0.2, 0.25) is 0 Å². The molecule has 1 rings (SSSR count). The first-order valence-electron chi connectivity index (χ1n) is 5.04. The van der Waals surface area contributed by atoms with Crippen LogP contribution in [0.15, 0.2) is 0 Å². The molecule has 1 atom stereocenters. The van der Waals surface area contributed by atoms with E-state index in [9.17, 15) is 0 Å². The van der Waals surface area contributed by atoms with Crippen LogP contribution in [-0.2, 0) is 9.47 Å². The fraction of sp³-hybridized carbons (Fsp3) is 1.00. The van der Waals surface area contributed by atoms with Crippen molar-refractivity contribution in [3.05, 3.63) is 0 Å². The van der Waals surface area contributed by atoms with Crippen molar-refractivity contribution in [2.45, 2.75) is 13.0 Å². The van der Waals surface area contributed by atoms with Crippen molar-refractivity contribution < 1.29 is 9.47 Å². The molecular formula is C9H20N2O2. The van der Waals surface area contributed by atoms with E-state index in [1.807, 2.05) is 0 Å². The number of ether oxygens (including phenoxy) is 2. The topological polar surface area (TPSA) is 42.5 Å². The molecule has 0 aromatic carbocycles. The van der Waals surface area contributed by atoms with Gasteiger partial charge in [0.1, 0.15) is 0 Å². The van der Waals surface area contributed by atoms with Gasteiger partial charge in [-0.2, -0.15) is 0 Å². The highest BCUT2D eigenvalue weighted by Crippen LogP contribution is 1.98. The second-order valence-electron chi connectivity index (χ2n) is 3.13. The van der Waals surface area contributed by atoms with Gasteiger partial charge in [-0.25, -0.2) is 0 Å². The number of likely N-dealkylation sites (N-methyl/N-ethyl adjacent to an activating group) is 1. The van der Waals surface area contributed by atoms with Gasteiger partial charge in [-0.1, -0.05) is 6.92 Å². The molecule has 0 aromatic rings. The van der Waals surface area contributed by atoms with Crippen LogP contribution in [0.25, 0.3) is 0 Å². The van der Waals surface area contributed by atoms with Crippen LogP contribution < -0.4 is 10.6 Å². The van der Waals surface area contributed by atoms with E-state index in [1.165, 1.54) is 0 Å². The minimum Gasteiger partial charge on any atom is -0.376 e. The quantitative estimate of drug-likeness (QED) is 0.557. The fourth-order valence-corrected chi connectivity index (χ4v) is 1.27. The Morgan fingerprint density at radius 2 is 2.08 bits per heavy atom. The average Bonchev–Trinajstić information content (AvgIpc) is 2.19. The highest BCUT2D eigenvalue weighted by atomic mass is 16.6. The molecule has 1 fully saturated rings. The molecule has 4 heteroatoms. The Hall–Kier alpha value is -0.160. The zero-order chi connectivity index (χ0) is 9.36. The molecule has 1 aliphatic heterocycles. The predicted molar refractivity (Wildman–Crippen MR) is 52.0 cm³/mol. The summed E-state index contributed by atoms with van der Waals surface area (Å²) in [5, 5.41) is 6.57. The normalized spacial score (nSPS) is 23.3. The van der Waals surface area contributed by atoms with Crippen molar-refractivity contribution >= 4 is 0 Å². The van der Waals surface area contributed by atoms with Crippen LogP contribution in [0.1, 0.15) is 6.92 Å². The Labute approximate surface area is 80.0 Å². The minimum atomic E-state index is 0.246. The molecule has 0 radical (unpaired) electrons. The molecule has 1 aliphatic rings. The number of hydrogen-bond donors (Lipinski definition) is 2. The Kier molecular flexibility index (Phi) is 6.10. The molecule has 13 heavy (non-hydrogen) atoms. The molecule has 0 aliphatic carbocycles. The summed E-state index contributed by atoms with van der Waals surface area (Å²) < 4.78 is 10.8. The summed E-state index contributed by atoms with van der Waals surface area (Å²) in [6, 6.07) is 0. The maximum Gasteiger partial charge on any atom is 0.0933 e. The van der Waals surface area contributed by atoms with Crippen molar-refractivity contribution in [2.75, 3.05) is 46.0 Å². The first-order valence-corrected chi connectivity index (χ1v) is 5.04. The number of hydrogen-bond acceptors (Lipinski definition) is 4. The molecule has 78 valence electrons. The molecule has 0 spiro atoms. The Balaban J connectivity index is 1.86. The van der Waals surface area contributed by atoms with Crippen molar-refractivity contribution in [3.63, 3.8) is 0 Å². The van der Waals surface area contributed by atoms with Crippen molar-refractivity contribution in [3.8, 4) is 0 Å². The average molecular weight is 188 g/mol. The molecular weight excluding hydrogens is 168 g/mol. The Morgan fingerprint density at radius 1 is 1.23 bits per heavy atom. The first kappa shape index (κ1) is 10.9. The van der Waals surface area contributed by atoms with Gasteiger partial charge in [0.15, 0.2) is 0 Å². The summed E-state index contributed by atoms with van der Waals surface area (Å²) in [6.45, 7) is 8.26. The van der Waals surface area contributed by atoms with Crippen LogP contribution >= 0.6 is 0 Å². The van der Waals surface area contributed by atoms with Crippen LogP contribution in [0.5, 0.6) is 0 Å². The van der Waals surface area contributed by atoms with E-state index in [0.717, 1.165) is 46.0 Å². The smallest absolute Gasteiger partial charge is 0.0933 e. The predicted octanol–water partition coefficient (Wildman–Crippen LogP) is -0.399. The molecule has 1 saturated heterocycles. The zero-order valence-electron chi connectivity index (χ0n) is 8.34. The molecule has 0 aromatic heterocycles. The summed E-state index contributed by atoms with van der Waals surface area (Å²) in [4.78, 5) is 0. The van der Waals surface area contributed by atoms with Gasteiger partial charge in [0.05, 0.1) is 25.9 Å². The van der Waals surface area contributed by atoms with Crippen LogP contribution in [0.2, 0.25) is 0 Å². The highest BCUT2D eigenvalue weighted by Gasteiger charge is 2.12. The summed E-state index contributed by atoms with van der Waals surface area (Å²) >= 11 is 0. The molecule has 1 unspecified atom stereocenters. The van der Waals surface area contributed by atoms with Gasteiger partial charge < -0.3 is 20.1 Å². The van der Waals surface area contributed by atoms with Gasteiger partial charge in [-0.3, -0.25) is 0 Å². The van der Waals surface area contributed by atoms with Crippen molar-refractivity contribution in [1.29, 1.82) is 0 Å². The minimum absolute atomic E-state index is 0.246. The Morgan fingerprint density at radius 3 is 2.77 bits per heavy atom. The second-order valence-corrected chi connectivity index (χ2v) is 3.13. The van der Waals surface area contributed by atoms with E-state index in [-0.39, 0.29) is 6.10 Å². The van der Waals surface area contributed by atoms with Gasteiger partial charge in [0.25, 0.3) is 0 Å². The lowest BCUT2D eigenvalue weighted by Crippen LogP contribution is -2.39. The zero-order valence-corrected chi connectivity index (χ0v) is 8.34. The maximum atomic E-state index is 5.48. The van der Waals surface area contributed by atoms with Crippen LogP contribution in [-0.4, -0.2) is 52.1 Å². The monoisotopic (exact) mass is 188 g/mol. The van der Waals surface area contributed by atoms with E-state index >= 15 is 0 Å². The van der Waals surface area contributed by atoms with E-state index in [4.69, 9.17) is 9.47 Å². The third-order valence-corrected chi connectivity index (χ3v) is 1.99.